The Morgan fingerprint density at radius 2 is 1.95 bits per heavy atom. The predicted molar refractivity (Wildman–Crippen MR) is 74.2 cm³/mol. The normalized spacial score (nSPS) is 12.0. The molecule has 0 aliphatic rings. The van der Waals surface area contributed by atoms with Crippen molar-refractivity contribution >= 4 is 5.71 Å². The maximum atomic E-state index is 8.81. The summed E-state index contributed by atoms with van der Waals surface area (Å²) in [4.78, 5) is 2.17. The Bertz CT molecular complexity index is 506. The Labute approximate surface area is 113 Å². The number of rotatable bonds is 6. The summed E-state index contributed by atoms with van der Waals surface area (Å²) < 4.78 is 5.37. The van der Waals surface area contributed by atoms with Crippen LogP contribution in [0.3, 0.4) is 0 Å². The highest BCUT2D eigenvalue weighted by atomic mass is 16.4. The van der Waals surface area contributed by atoms with Crippen molar-refractivity contribution in [3.05, 3.63) is 60.1 Å². The first-order valence-electron chi connectivity index (χ1n) is 6.24. The van der Waals surface area contributed by atoms with Gasteiger partial charge < -0.3 is 9.62 Å². The van der Waals surface area contributed by atoms with Crippen LogP contribution < -0.4 is 0 Å². The standard InChI is InChI=1S/C15H18N2O2/c1-13(16-18)10-17(12-15-8-5-9-19-15)11-14-6-3-2-4-7-14/h2-9,18H,10-12H2,1H3. The van der Waals surface area contributed by atoms with Crippen LogP contribution >= 0.6 is 0 Å². The fourth-order valence-corrected chi connectivity index (χ4v) is 1.99. The van der Waals surface area contributed by atoms with Crippen molar-refractivity contribution < 1.29 is 9.62 Å². The van der Waals surface area contributed by atoms with Crippen molar-refractivity contribution in [2.75, 3.05) is 6.54 Å². The number of furan rings is 1. The molecule has 1 N–H and O–H groups in total. The third-order valence-electron chi connectivity index (χ3n) is 2.83. The zero-order valence-electron chi connectivity index (χ0n) is 11.0. The molecule has 2 aromatic rings. The highest BCUT2D eigenvalue weighted by Gasteiger charge is 2.10. The lowest BCUT2D eigenvalue weighted by Gasteiger charge is -2.20. The Morgan fingerprint density at radius 3 is 2.58 bits per heavy atom. The highest BCUT2D eigenvalue weighted by Crippen LogP contribution is 2.10. The molecule has 0 atom stereocenters. The summed E-state index contributed by atoms with van der Waals surface area (Å²) >= 11 is 0. The zero-order chi connectivity index (χ0) is 13.5. The van der Waals surface area contributed by atoms with E-state index in [9.17, 15) is 0 Å². The van der Waals surface area contributed by atoms with Gasteiger partial charge >= 0.3 is 0 Å². The van der Waals surface area contributed by atoms with E-state index in [0.717, 1.165) is 12.3 Å². The fraction of sp³-hybridized carbons (Fsp3) is 0.267. The SMILES string of the molecule is CC(CN(Cc1ccccc1)Cc1ccco1)=NO. The highest BCUT2D eigenvalue weighted by molar-refractivity contribution is 5.83. The van der Waals surface area contributed by atoms with Gasteiger partial charge in [-0.05, 0) is 24.6 Å². The third-order valence-corrected chi connectivity index (χ3v) is 2.83. The minimum absolute atomic E-state index is 0.603. The average Bonchev–Trinajstić information content (AvgIpc) is 2.92. The quantitative estimate of drug-likeness (QED) is 0.492. The molecule has 2 rings (SSSR count). The van der Waals surface area contributed by atoms with Crippen LogP contribution in [0.1, 0.15) is 18.2 Å². The van der Waals surface area contributed by atoms with Crippen molar-refractivity contribution in [3.63, 3.8) is 0 Å². The van der Waals surface area contributed by atoms with Gasteiger partial charge in [0.15, 0.2) is 0 Å². The Kier molecular flexibility index (Phi) is 4.75. The van der Waals surface area contributed by atoms with Crippen LogP contribution in [0.5, 0.6) is 0 Å². The van der Waals surface area contributed by atoms with Crippen molar-refractivity contribution in [1.82, 2.24) is 4.90 Å². The summed E-state index contributed by atoms with van der Waals surface area (Å²) in [5.74, 6) is 0.904. The molecule has 0 aliphatic carbocycles. The lowest BCUT2D eigenvalue weighted by molar-refractivity contribution is 0.259. The molecule has 4 nitrogen and oxygen atoms in total. The molecule has 0 fully saturated rings. The molecule has 1 aromatic heterocycles. The van der Waals surface area contributed by atoms with Crippen molar-refractivity contribution in [3.8, 4) is 0 Å². The van der Waals surface area contributed by atoms with Crippen LogP contribution in [0.4, 0.5) is 0 Å². The molecule has 0 bridgehead atoms. The molecule has 0 saturated carbocycles. The van der Waals surface area contributed by atoms with E-state index < -0.39 is 0 Å². The second-order valence-electron chi connectivity index (χ2n) is 4.55. The smallest absolute Gasteiger partial charge is 0.117 e. The second kappa shape index (κ2) is 6.75. The summed E-state index contributed by atoms with van der Waals surface area (Å²) in [6, 6.07) is 14.0. The van der Waals surface area contributed by atoms with Gasteiger partial charge in [0.25, 0.3) is 0 Å². The van der Waals surface area contributed by atoms with Gasteiger partial charge in [-0.3, -0.25) is 4.90 Å². The maximum absolute atomic E-state index is 8.81. The van der Waals surface area contributed by atoms with Gasteiger partial charge in [0.1, 0.15) is 5.76 Å². The van der Waals surface area contributed by atoms with Crippen LogP contribution in [0.25, 0.3) is 0 Å². The minimum Gasteiger partial charge on any atom is -0.468 e. The summed E-state index contributed by atoms with van der Waals surface area (Å²) in [6.45, 7) is 3.88. The number of nitrogens with zero attached hydrogens (tertiary/aromatic N) is 2. The van der Waals surface area contributed by atoms with Gasteiger partial charge in [0, 0.05) is 13.1 Å². The minimum atomic E-state index is 0.603. The number of oxime groups is 1. The first-order valence-corrected chi connectivity index (χ1v) is 6.24. The molecule has 0 unspecified atom stereocenters. The topological polar surface area (TPSA) is 49.0 Å². The Hall–Kier alpha value is -2.07. The molecular formula is C15H18N2O2. The van der Waals surface area contributed by atoms with Gasteiger partial charge in [-0.15, -0.1) is 0 Å². The largest absolute Gasteiger partial charge is 0.468 e. The average molecular weight is 258 g/mol. The van der Waals surface area contributed by atoms with Crippen LogP contribution in [0.15, 0.2) is 58.3 Å². The van der Waals surface area contributed by atoms with Crippen LogP contribution in [-0.2, 0) is 13.1 Å². The molecule has 4 heteroatoms. The first kappa shape index (κ1) is 13.4. The van der Waals surface area contributed by atoms with E-state index in [1.54, 1.807) is 13.2 Å². The van der Waals surface area contributed by atoms with E-state index >= 15 is 0 Å². The molecule has 0 aliphatic heterocycles. The van der Waals surface area contributed by atoms with Gasteiger partial charge in [-0.1, -0.05) is 35.5 Å². The van der Waals surface area contributed by atoms with Gasteiger partial charge in [-0.25, -0.2) is 0 Å². The monoisotopic (exact) mass is 258 g/mol. The summed E-state index contributed by atoms with van der Waals surface area (Å²) in [7, 11) is 0. The summed E-state index contributed by atoms with van der Waals surface area (Å²) in [5, 5.41) is 12.1. The lowest BCUT2D eigenvalue weighted by Crippen LogP contribution is -2.27. The van der Waals surface area contributed by atoms with Crippen molar-refractivity contribution in [1.29, 1.82) is 0 Å². The third kappa shape index (κ3) is 4.26. The first-order chi connectivity index (χ1) is 9.28. The van der Waals surface area contributed by atoms with Gasteiger partial charge in [0.05, 0.1) is 18.5 Å². The van der Waals surface area contributed by atoms with E-state index in [1.165, 1.54) is 5.56 Å². The molecule has 0 spiro atoms. The van der Waals surface area contributed by atoms with Crippen molar-refractivity contribution in [2.45, 2.75) is 20.0 Å². The maximum Gasteiger partial charge on any atom is 0.117 e. The lowest BCUT2D eigenvalue weighted by atomic mass is 10.2. The number of hydrogen-bond donors (Lipinski definition) is 1. The molecule has 0 saturated heterocycles. The van der Waals surface area contributed by atoms with Crippen LogP contribution in [0, 0.1) is 0 Å². The Balaban J connectivity index is 2.05. The van der Waals surface area contributed by atoms with Crippen molar-refractivity contribution in [2.24, 2.45) is 5.16 Å². The van der Waals surface area contributed by atoms with E-state index in [4.69, 9.17) is 9.62 Å². The fourth-order valence-electron chi connectivity index (χ4n) is 1.99. The number of hydrogen-bond acceptors (Lipinski definition) is 4. The zero-order valence-corrected chi connectivity index (χ0v) is 11.0. The Morgan fingerprint density at radius 1 is 1.16 bits per heavy atom. The molecule has 19 heavy (non-hydrogen) atoms. The molecular weight excluding hydrogens is 240 g/mol. The van der Waals surface area contributed by atoms with Gasteiger partial charge in [0.2, 0.25) is 0 Å². The molecule has 0 radical (unpaired) electrons. The molecule has 100 valence electrons. The molecule has 1 heterocycles. The number of benzene rings is 1. The van der Waals surface area contributed by atoms with Crippen LogP contribution in [0.2, 0.25) is 0 Å². The van der Waals surface area contributed by atoms with E-state index in [2.05, 4.69) is 22.2 Å². The predicted octanol–water partition coefficient (Wildman–Crippen LogP) is 3.13. The second-order valence-corrected chi connectivity index (χ2v) is 4.55. The summed E-state index contributed by atoms with van der Waals surface area (Å²) in [6.07, 6.45) is 1.67. The molecule has 0 amide bonds. The van der Waals surface area contributed by atoms with E-state index in [-0.39, 0.29) is 0 Å². The van der Waals surface area contributed by atoms with Crippen LogP contribution in [-0.4, -0.2) is 22.4 Å². The van der Waals surface area contributed by atoms with Gasteiger partial charge in [-0.2, -0.15) is 0 Å². The summed E-state index contributed by atoms with van der Waals surface area (Å²) in [5.41, 5.74) is 1.90. The van der Waals surface area contributed by atoms with E-state index in [0.29, 0.717) is 18.8 Å². The van der Waals surface area contributed by atoms with E-state index in [1.807, 2.05) is 30.3 Å². The molecule has 1 aromatic carbocycles.